The number of rotatable bonds is 4. The van der Waals surface area contributed by atoms with Crippen molar-refractivity contribution in [2.75, 3.05) is 0 Å². The average molecular weight is 388 g/mol. The average Bonchev–Trinajstić information content (AvgIpc) is 2.85. The van der Waals surface area contributed by atoms with Crippen molar-refractivity contribution in [2.45, 2.75) is 0 Å². The van der Waals surface area contributed by atoms with Crippen molar-refractivity contribution in [1.82, 2.24) is 0 Å². The summed E-state index contributed by atoms with van der Waals surface area (Å²) in [6.45, 7) is 2.27. The molecular weight excluding hydrogens is 366 g/mol. The van der Waals surface area contributed by atoms with Gasteiger partial charge in [-0.2, -0.15) is 0 Å². The molecule has 5 aromatic rings. The fourth-order valence-corrected chi connectivity index (χ4v) is 4.13. The van der Waals surface area contributed by atoms with Gasteiger partial charge in [0, 0.05) is 0 Å². The Morgan fingerprint density at radius 3 is 1.29 bits per heavy atom. The van der Waals surface area contributed by atoms with Crippen LogP contribution in [0.3, 0.4) is 0 Å². The molecule has 0 saturated heterocycles. The Kier molecular flexibility index (Phi) is 6.68. The zero-order chi connectivity index (χ0) is 20.2. The van der Waals surface area contributed by atoms with Gasteiger partial charge in [0.05, 0.1) is 0 Å². The molecule has 31 heavy (non-hydrogen) atoms. The SMILES string of the molecule is [H-].[Li+].b1cc(-c2ccccc2)c(-c2ccccc2)c(-c2ccccc2)c1-c1ccccc1. The summed E-state index contributed by atoms with van der Waals surface area (Å²) in [5.41, 5.74) is 9.96. The molecule has 5 rings (SSSR count). The van der Waals surface area contributed by atoms with E-state index in [-0.39, 0.29) is 20.3 Å². The monoisotopic (exact) mass is 388 g/mol. The molecular formula is C29H22BLi. The van der Waals surface area contributed by atoms with E-state index in [9.17, 15) is 0 Å². The van der Waals surface area contributed by atoms with Crippen molar-refractivity contribution in [3.8, 4) is 44.4 Å². The van der Waals surface area contributed by atoms with E-state index in [0.29, 0.717) is 0 Å². The number of hydrogen-bond acceptors (Lipinski definition) is 0. The first kappa shape index (κ1) is 21.1. The molecule has 1 heterocycles. The van der Waals surface area contributed by atoms with E-state index in [1.165, 1.54) is 44.4 Å². The van der Waals surface area contributed by atoms with Gasteiger partial charge in [-0.1, -0.05) is 0 Å². The molecule has 0 amide bonds. The van der Waals surface area contributed by atoms with Crippen LogP contribution >= 0.6 is 0 Å². The number of hydrogen-bond donors (Lipinski definition) is 0. The predicted octanol–water partition coefficient (Wildman–Crippen LogP) is 4.81. The fourth-order valence-electron chi connectivity index (χ4n) is 4.13. The molecule has 0 unspecified atom stereocenters. The quantitative estimate of drug-likeness (QED) is 0.388. The van der Waals surface area contributed by atoms with Crippen LogP contribution in [-0.4, -0.2) is 6.91 Å². The maximum absolute atomic E-state index is 2.27. The minimum atomic E-state index is 0. The van der Waals surface area contributed by atoms with Crippen LogP contribution in [0.2, 0.25) is 0 Å². The van der Waals surface area contributed by atoms with Gasteiger partial charge in [-0.05, 0) is 0 Å². The van der Waals surface area contributed by atoms with Crippen LogP contribution in [0.15, 0.2) is 127 Å². The Hall–Kier alpha value is -3.11. The summed E-state index contributed by atoms with van der Waals surface area (Å²) in [7, 11) is 0. The Balaban J connectivity index is 0.00000144. The van der Waals surface area contributed by atoms with Gasteiger partial charge < -0.3 is 1.43 Å². The molecule has 0 radical (unpaired) electrons. The molecule has 0 atom stereocenters. The van der Waals surface area contributed by atoms with Crippen molar-refractivity contribution in [3.05, 3.63) is 127 Å². The van der Waals surface area contributed by atoms with E-state index >= 15 is 0 Å². The molecule has 0 spiro atoms. The summed E-state index contributed by atoms with van der Waals surface area (Å²) in [5, 5.41) is 0. The topological polar surface area (TPSA) is 0 Å². The molecule has 2 heteroatoms. The summed E-state index contributed by atoms with van der Waals surface area (Å²) in [4.78, 5) is 0. The molecule has 0 N–H and O–H groups in total. The van der Waals surface area contributed by atoms with Gasteiger partial charge in [0.15, 0.2) is 0 Å². The van der Waals surface area contributed by atoms with Crippen LogP contribution in [0.25, 0.3) is 44.4 Å². The standard InChI is InChI=1S/C29H21B.Li.H/c1-5-13-22(14-6-1)26-21-30-29(25-19-11-4-12-20-25)28(24-17-9-3-10-18-24)27(26)23-15-7-2-8-16-23;;/h1-21H;;/q;+1;-1. The zero-order valence-electron chi connectivity index (χ0n) is 18.7. The molecule has 0 aliphatic heterocycles. The summed E-state index contributed by atoms with van der Waals surface area (Å²) >= 11 is 0. The van der Waals surface area contributed by atoms with Crippen molar-refractivity contribution in [2.24, 2.45) is 0 Å². The van der Waals surface area contributed by atoms with Crippen LogP contribution in [0.1, 0.15) is 1.43 Å². The van der Waals surface area contributed by atoms with Crippen LogP contribution in [0, 0.1) is 0 Å². The molecule has 4 aromatic carbocycles. The molecule has 142 valence electrons. The third-order valence-corrected chi connectivity index (χ3v) is 5.50. The molecule has 1 aromatic heterocycles. The third-order valence-electron chi connectivity index (χ3n) is 5.50. The van der Waals surface area contributed by atoms with Crippen LogP contribution in [0.5, 0.6) is 0 Å². The minimum absolute atomic E-state index is 0. The molecule has 0 saturated carbocycles. The molecule has 0 aliphatic carbocycles. The van der Waals surface area contributed by atoms with E-state index in [2.05, 4.69) is 134 Å². The van der Waals surface area contributed by atoms with Gasteiger partial charge >= 0.3 is 197 Å². The van der Waals surface area contributed by atoms with Crippen LogP contribution < -0.4 is 18.9 Å². The van der Waals surface area contributed by atoms with Crippen LogP contribution in [-0.2, 0) is 0 Å². The Bertz CT molecular complexity index is 1160. The van der Waals surface area contributed by atoms with Gasteiger partial charge in [0.25, 0.3) is 0 Å². The molecule has 0 bridgehead atoms. The first-order valence-corrected chi connectivity index (χ1v) is 10.3. The first-order valence-electron chi connectivity index (χ1n) is 10.3. The first-order chi connectivity index (χ1) is 14.9. The summed E-state index contributed by atoms with van der Waals surface area (Å²) < 4.78 is 0. The summed E-state index contributed by atoms with van der Waals surface area (Å²) in [5.74, 6) is 2.27. The van der Waals surface area contributed by atoms with E-state index in [4.69, 9.17) is 0 Å². The molecule has 0 fully saturated rings. The van der Waals surface area contributed by atoms with Gasteiger partial charge in [-0.15, -0.1) is 0 Å². The fraction of sp³-hybridized carbons (Fsp3) is 0. The second-order valence-corrected chi connectivity index (χ2v) is 7.37. The molecule has 0 aliphatic rings. The second-order valence-electron chi connectivity index (χ2n) is 7.37. The Labute approximate surface area is 198 Å². The van der Waals surface area contributed by atoms with Crippen LogP contribution in [0.4, 0.5) is 0 Å². The number of benzene rings is 4. The van der Waals surface area contributed by atoms with Crippen molar-refractivity contribution < 1.29 is 20.3 Å². The van der Waals surface area contributed by atoms with E-state index in [0.717, 1.165) is 0 Å². The van der Waals surface area contributed by atoms with Gasteiger partial charge in [0.1, 0.15) is 0 Å². The van der Waals surface area contributed by atoms with E-state index in [1.807, 2.05) is 0 Å². The van der Waals surface area contributed by atoms with Crippen molar-refractivity contribution in [3.63, 3.8) is 0 Å². The van der Waals surface area contributed by atoms with Gasteiger partial charge in [-0.25, -0.2) is 0 Å². The zero-order valence-corrected chi connectivity index (χ0v) is 17.7. The maximum atomic E-state index is 2.27. The van der Waals surface area contributed by atoms with Crippen molar-refractivity contribution >= 4 is 6.91 Å². The van der Waals surface area contributed by atoms with Gasteiger partial charge in [0.2, 0.25) is 0 Å². The summed E-state index contributed by atoms with van der Waals surface area (Å²) in [6.07, 6.45) is 0. The van der Waals surface area contributed by atoms with Crippen molar-refractivity contribution in [1.29, 1.82) is 0 Å². The third kappa shape index (κ3) is 4.35. The Morgan fingerprint density at radius 2 is 0.806 bits per heavy atom. The molecule has 0 nitrogen and oxygen atoms in total. The summed E-state index contributed by atoms with van der Waals surface area (Å²) in [6, 6.07) is 42.8. The predicted molar refractivity (Wildman–Crippen MR) is 131 cm³/mol. The van der Waals surface area contributed by atoms with Gasteiger partial charge in [-0.3, -0.25) is 0 Å². The Morgan fingerprint density at radius 1 is 0.419 bits per heavy atom. The normalized spacial score (nSPS) is 10.2. The second kappa shape index (κ2) is 9.80. The van der Waals surface area contributed by atoms with E-state index < -0.39 is 0 Å². The van der Waals surface area contributed by atoms with E-state index in [1.54, 1.807) is 0 Å².